The lowest BCUT2D eigenvalue weighted by Gasteiger charge is -2.32. The molecule has 2 aliphatic rings. The number of rotatable bonds is 5. The lowest BCUT2D eigenvalue weighted by Crippen LogP contribution is -2.45. The van der Waals surface area contributed by atoms with Crippen LogP contribution in [0.3, 0.4) is 0 Å². The lowest BCUT2D eigenvalue weighted by molar-refractivity contribution is 0.303. The van der Waals surface area contributed by atoms with Crippen molar-refractivity contribution in [3.05, 3.63) is 0 Å². The van der Waals surface area contributed by atoms with E-state index >= 15 is 0 Å². The fraction of sp³-hybridized carbons (Fsp3) is 0.923. The third-order valence-electron chi connectivity index (χ3n) is 3.68. The van der Waals surface area contributed by atoms with E-state index in [9.17, 15) is 0 Å². The SMILES string of the molecule is CSCCCCN=C1NC2(CCCCC2)CS1. The summed E-state index contributed by atoms with van der Waals surface area (Å²) in [5.41, 5.74) is 0.418. The van der Waals surface area contributed by atoms with Gasteiger partial charge in [-0.25, -0.2) is 0 Å². The first kappa shape index (κ1) is 13.6. The van der Waals surface area contributed by atoms with Gasteiger partial charge in [-0.3, -0.25) is 4.99 Å². The van der Waals surface area contributed by atoms with Gasteiger partial charge in [0.25, 0.3) is 0 Å². The van der Waals surface area contributed by atoms with Crippen LogP contribution in [-0.2, 0) is 0 Å². The summed E-state index contributed by atoms with van der Waals surface area (Å²) in [6, 6.07) is 0. The smallest absolute Gasteiger partial charge is 0.157 e. The molecule has 2 nitrogen and oxygen atoms in total. The minimum Gasteiger partial charge on any atom is -0.359 e. The maximum absolute atomic E-state index is 4.70. The summed E-state index contributed by atoms with van der Waals surface area (Å²) in [5.74, 6) is 2.52. The average molecular weight is 272 g/mol. The molecule has 0 atom stereocenters. The molecule has 17 heavy (non-hydrogen) atoms. The summed E-state index contributed by atoms with van der Waals surface area (Å²) in [6.07, 6.45) is 11.6. The summed E-state index contributed by atoms with van der Waals surface area (Å²) >= 11 is 3.88. The molecule has 0 aromatic heterocycles. The molecule has 0 amide bonds. The number of thioether (sulfide) groups is 2. The van der Waals surface area contributed by atoms with Crippen molar-refractivity contribution in [2.75, 3.05) is 24.3 Å². The molecule has 2 rings (SSSR count). The Morgan fingerprint density at radius 3 is 2.88 bits per heavy atom. The summed E-state index contributed by atoms with van der Waals surface area (Å²) in [4.78, 5) is 4.70. The molecule has 1 heterocycles. The van der Waals surface area contributed by atoms with Crippen molar-refractivity contribution in [1.29, 1.82) is 0 Å². The van der Waals surface area contributed by atoms with Gasteiger partial charge in [-0.15, -0.1) is 0 Å². The van der Waals surface area contributed by atoms with Crippen LogP contribution in [0.1, 0.15) is 44.9 Å². The highest BCUT2D eigenvalue weighted by Crippen LogP contribution is 2.36. The fourth-order valence-electron chi connectivity index (χ4n) is 2.63. The van der Waals surface area contributed by atoms with Gasteiger partial charge in [0, 0.05) is 17.8 Å². The van der Waals surface area contributed by atoms with Gasteiger partial charge in [-0.1, -0.05) is 31.0 Å². The minimum absolute atomic E-state index is 0.418. The van der Waals surface area contributed by atoms with Crippen molar-refractivity contribution < 1.29 is 0 Å². The summed E-state index contributed by atoms with van der Waals surface area (Å²) in [5, 5.41) is 4.92. The molecule has 1 aliphatic heterocycles. The molecule has 4 heteroatoms. The van der Waals surface area contributed by atoms with E-state index in [2.05, 4.69) is 11.6 Å². The maximum Gasteiger partial charge on any atom is 0.157 e. The van der Waals surface area contributed by atoms with Crippen molar-refractivity contribution in [1.82, 2.24) is 5.32 Å². The molecule has 1 saturated heterocycles. The number of nitrogens with zero attached hydrogens (tertiary/aromatic N) is 1. The van der Waals surface area contributed by atoms with Gasteiger partial charge in [0.2, 0.25) is 0 Å². The predicted molar refractivity (Wildman–Crippen MR) is 81.3 cm³/mol. The highest BCUT2D eigenvalue weighted by atomic mass is 32.2. The van der Waals surface area contributed by atoms with E-state index in [1.165, 1.54) is 61.6 Å². The number of amidine groups is 1. The van der Waals surface area contributed by atoms with Gasteiger partial charge in [0.05, 0.1) is 0 Å². The first-order chi connectivity index (χ1) is 8.35. The quantitative estimate of drug-likeness (QED) is 0.775. The van der Waals surface area contributed by atoms with E-state index in [0.717, 1.165) is 6.54 Å². The Kier molecular flexibility index (Phi) is 5.54. The largest absolute Gasteiger partial charge is 0.359 e. The summed E-state index contributed by atoms with van der Waals surface area (Å²) < 4.78 is 0. The van der Waals surface area contributed by atoms with Gasteiger partial charge >= 0.3 is 0 Å². The molecule has 1 saturated carbocycles. The van der Waals surface area contributed by atoms with Crippen molar-refractivity contribution in [2.45, 2.75) is 50.5 Å². The van der Waals surface area contributed by atoms with Crippen LogP contribution in [-0.4, -0.2) is 35.0 Å². The molecule has 0 radical (unpaired) electrons. The van der Waals surface area contributed by atoms with Crippen molar-refractivity contribution in [3.63, 3.8) is 0 Å². The van der Waals surface area contributed by atoms with Crippen molar-refractivity contribution >= 4 is 28.7 Å². The van der Waals surface area contributed by atoms with Crippen LogP contribution in [0.15, 0.2) is 4.99 Å². The van der Waals surface area contributed by atoms with Gasteiger partial charge in [-0.2, -0.15) is 11.8 Å². The topological polar surface area (TPSA) is 24.4 Å². The first-order valence-corrected chi connectivity index (χ1v) is 9.17. The standard InChI is InChI=1S/C13H24N2S2/c1-16-10-6-5-9-14-12-15-13(11-17-12)7-3-2-4-8-13/h2-11H2,1H3,(H,14,15). The van der Waals surface area contributed by atoms with Crippen LogP contribution in [0, 0.1) is 0 Å². The van der Waals surface area contributed by atoms with E-state index in [4.69, 9.17) is 4.99 Å². The molecule has 2 fully saturated rings. The van der Waals surface area contributed by atoms with Crippen LogP contribution >= 0.6 is 23.5 Å². The van der Waals surface area contributed by atoms with Gasteiger partial charge in [0.15, 0.2) is 5.17 Å². The zero-order valence-electron chi connectivity index (χ0n) is 10.8. The Labute approximate surface area is 114 Å². The number of hydrogen-bond donors (Lipinski definition) is 1. The number of hydrogen-bond acceptors (Lipinski definition) is 3. The van der Waals surface area contributed by atoms with E-state index in [0.29, 0.717) is 5.54 Å². The zero-order valence-corrected chi connectivity index (χ0v) is 12.5. The average Bonchev–Trinajstić information content (AvgIpc) is 2.73. The number of aliphatic imine (C=N–C) groups is 1. The Morgan fingerprint density at radius 1 is 1.29 bits per heavy atom. The van der Waals surface area contributed by atoms with Crippen molar-refractivity contribution in [3.8, 4) is 0 Å². The second-order valence-electron chi connectivity index (χ2n) is 5.14. The molecule has 0 bridgehead atoms. The van der Waals surface area contributed by atoms with Crippen LogP contribution in [0.5, 0.6) is 0 Å². The molecule has 1 spiro atoms. The van der Waals surface area contributed by atoms with Crippen LogP contribution in [0.25, 0.3) is 0 Å². The van der Waals surface area contributed by atoms with Crippen LogP contribution in [0.4, 0.5) is 0 Å². The summed E-state index contributed by atoms with van der Waals surface area (Å²) in [6.45, 7) is 1.01. The molecular weight excluding hydrogens is 248 g/mol. The highest BCUT2D eigenvalue weighted by molar-refractivity contribution is 8.14. The van der Waals surface area contributed by atoms with E-state index < -0.39 is 0 Å². The van der Waals surface area contributed by atoms with E-state index in [-0.39, 0.29) is 0 Å². The monoisotopic (exact) mass is 272 g/mol. The predicted octanol–water partition coefficient (Wildman–Crippen LogP) is 3.52. The Bertz CT molecular complexity index is 260. The fourth-order valence-corrected chi connectivity index (χ4v) is 4.37. The Morgan fingerprint density at radius 2 is 2.12 bits per heavy atom. The molecule has 0 aromatic rings. The van der Waals surface area contributed by atoms with Gasteiger partial charge in [0.1, 0.15) is 0 Å². The number of nitrogens with one attached hydrogen (secondary N) is 1. The van der Waals surface area contributed by atoms with Gasteiger partial charge in [-0.05, 0) is 37.7 Å². The molecule has 1 N–H and O–H groups in total. The number of unbranched alkanes of at least 4 members (excludes halogenated alkanes) is 1. The maximum atomic E-state index is 4.70. The van der Waals surface area contributed by atoms with E-state index in [1.54, 1.807) is 0 Å². The molecule has 0 aromatic carbocycles. The second-order valence-corrected chi connectivity index (χ2v) is 7.09. The molecule has 0 unspecified atom stereocenters. The lowest BCUT2D eigenvalue weighted by atomic mass is 9.83. The minimum atomic E-state index is 0.418. The molecule has 1 aliphatic carbocycles. The summed E-state index contributed by atoms with van der Waals surface area (Å²) in [7, 11) is 0. The van der Waals surface area contributed by atoms with Crippen molar-refractivity contribution in [2.24, 2.45) is 4.99 Å². The first-order valence-electron chi connectivity index (χ1n) is 6.79. The third-order valence-corrected chi connectivity index (χ3v) is 5.58. The highest BCUT2D eigenvalue weighted by Gasteiger charge is 2.37. The van der Waals surface area contributed by atoms with Crippen LogP contribution in [0.2, 0.25) is 0 Å². The van der Waals surface area contributed by atoms with Gasteiger partial charge < -0.3 is 5.32 Å². The van der Waals surface area contributed by atoms with E-state index in [1.807, 2.05) is 23.5 Å². The van der Waals surface area contributed by atoms with Crippen LogP contribution < -0.4 is 5.32 Å². The zero-order chi connectivity index (χ0) is 12.0. The Hall–Kier alpha value is 0.170. The normalized spacial score (nSPS) is 25.4. The Balaban J connectivity index is 1.71. The second kappa shape index (κ2) is 6.93. The molecule has 98 valence electrons. The molecular formula is C13H24N2S2. The third kappa shape index (κ3) is 4.09.